The minimum absolute atomic E-state index is 0.191. The number of aromatic hydroxyl groups is 1. The van der Waals surface area contributed by atoms with Gasteiger partial charge in [0.2, 0.25) is 0 Å². The van der Waals surface area contributed by atoms with Crippen LogP contribution in [0.2, 0.25) is 0 Å². The summed E-state index contributed by atoms with van der Waals surface area (Å²) in [5, 5.41) is 33.7. The third-order valence-corrected chi connectivity index (χ3v) is 14.5. The molecule has 0 bridgehead atoms. The number of ether oxygens (including phenoxy) is 1. The maximum atomic E-state index is 11.3. The number of aliphatic hydroxyl groups is 2. The van der Waals surface area contributed by atoms with Gasteiger partial charge in [-0.3, -0.25) is 0 Å². The van der Waals surface area contributed by atoms with E-state index in [0.29, 0.717) is 54.1 Å². The van der Waals surface area contributed by atoms with Gasteiger partial charge in [-0.05, 0) is 147 Å². The van der Waals surface area contributed by atoms with Crippen LogP contribution in [-0.4, -0.2) is 26.5 Å². The van der Waals surface area contributed by atoms with Gasteiger partial charge < -0.3 is 20.1 Å². The fourth-order valence-electron chi connectivity index (χ4n) is 12.0. The van der Waals surface area contributed by atoms with Crippen LogP contribution in [0.1, 0.15) is 112 Å². The molecule has 0 spiro atoms. The van der Waals surface area contributed by atoms with Crippen molar-refractivity contribution in [2.75, 3.05) is 0 Å². The summed E-state index contributed by atoms with van der Waals surface area (Å²) in [6.07, 6.45) is 23.1. The zero-order chi connectivity index (χ0) is 30.6. The van der Waals surface area contributed by atoms with E-state index < -0.39 is 11.2 Å². The molecule has 3 N–H and O–H groups in total. The second-order valence-corrected chi connectivity index (χ2v) is 15.8. The molecule has 4 saturated carbocycles. The molecule has 0 amide bonds. The van der Waals surface area contributed by atoms with Gasteiger partial charge >= 0.3 is 0 Å². The summed E-state index contributed by atoms with van der Waals surface area (Å²) >= 11 is 0. The summed E-state index contributed by atoms with van der Waals surface area (Å²) in [5.74, 6) is 10.0. The number of fused-ring (bicyclic) bond motifs is 10. The van der Waals surface area contributed by atoms with E-state index in [1.807, 2.05) is 6.07 Å². The van der Waals surface area contributed by atoms with Gasteiger partial charge in [0.15, 0.2) is 11.5 Å². The molecular formula is C40H46O4. The van der Waals surface area contributed by atoms with E-state index >= 15 is 0 Å². The summed E-state index contributed by atoms with van der Waals surface area (Å²) < 4.78 is 6.60. The van der Waals surface area contributed by atoms with Gasteiger partial charge in [-0.25, -0.2) is 0 Å². The van der Waals surface area contributed by atoms with Crippen molar-refractivity contribution < 1.29 is 20.1 Å². The van der Waals surface area contributed by atoms with Crippen molar-refractivity contribution in [2.45, 2.75) is 114 Å². The molecule has 0 aromatic heterocycles. The maximum Gasteiger partial charge on any atom is 0.172 e. The Morgan fingerprint density at radius 1 is 0.727 bits per heavy atom. The molecule has 4 heteroatoms. The predicted molar refractivity (Wildman–Crippen MR) is 171 cm³/mol. The molecule has 6 aliphatic carbocycles. The van der Waals surface area contributed by atoms with E-state index in [9.17, 15) is 15.3 Å². The average molecular weight is 591 g/mol. The molecule has 3 unspecified atom stereocenters. The molecule has 6 aliphatic rings. The van der Waals surface area contributed by atoms with Crippen LogP contribution < -0.4 is 4.74 Å². The molecule has 44 heavy (non-hydrogen) atoms. The Labute approximate surface area is 262 Å². The Bertz CT molecular complexity index is 1610. The van der Waals surface area contributed by atoms with Crippen molar-refractivity contribution in [2.24, 2.45) is 34.5 Å². The Kier molecular flexibility index (Phi) is 6.19. The van der Waals surface area contributed by atoms with E-state index in [1.54, 1.807) is 0 Å². The summed E-state index contributed by atoms with van der Waals surface area (Å²) in [7, 11) is 0. The molecule has 0 heterocycles. The van der Waals surface area contributed by atoms with Crippen LogP contribution in [0.25, 0.3) is 0 Å². The number of hydrogen-bond donors (Lipinski definition) is 3. The number of rotatable bonds is 2. The topological polar surface area (TPSA) is 69.9 Å². The number of terminal acetylenes is 2. The summed E-state index contributed by atoms with van der Waals surface area (Å²) in [5.41, 5.74) is 2.85. The number of benzene rings is 2. The largest absolute Gasteiger partial charge is 0.504 e. The first kappa shape index (κ1) is 28.5. The van der Waals surface area contributed by atoms with Gasteiger partial charge in [-0.1, -0.05) is 37.8 Å². The normalized spacial score (nSPS) is 43.2. The minimum atomic E-state index is -1.00. The molecule has 230 valence electrons. The summed E-state index contributed by atoms with van der Waals surface area (Å²) in [6.45, 7) is 4.45. The summed E-state index contributed by atoms with van der Waals surface area (Å²) in [6, 6.07) is 10.5. The Morgan fingerprint density at radius 2 is 1.30 bits per heavy atom. The predicted octanol–water partition coefficient (Wildman–Crippen LogP) is 7.63. The fourth-order valence-corrected chi connectivity index (χ4v) is 12.0. The van der Waals surface area contributed by atoms with Gasteiger partial charge in [0, 0.05) is 16.4 Å². The second kappa shape index (κ2) is 9.55. The lowest BCUT2D eigenvalue weighted by Crippen LogP contribution is -2.50. The van der Waals surface area contributed by atoms with Gasteiger partial charge in [0.1, 0.15) is 17.0 Å². The number of aryl methyl sites for hydroxylation is 1. The zero-order valence-electron chi connectivity index (χ0n) is 26.2. The van der Waals surface area contributed by atoms with E-state index in [4.69, 9.17) is 17.6 Å². The van der Waals surface area contributed by atoms with Crippen LogP contribution in [0.3, 0.4) is 0 Å². The maximum absolute atomic E-state index is 11.3. The number of phenols is 1. The lowest BCUT2D eigenvalue weighted by Gasteiger charge is -2.52. The molecule has 2 aromatic rings. The molecule has 4 nitrogen and oxygen atoms in total. The van der Waals surface area contributed by atoms with Crippen LogP contribution in [0.4, 0.5) is 0 Å². The highest BCUT2D eigenvalue weighted by Gasteiger charge is 2.62. The fraction of sp³-hybridized carbons (Fsp3) is 0.600. The molecule has 0 saturated heterocycles. The highest BCUT2D eigenvalue weighted by atomic mass is 16.5. The van der Waals surface area contributed by atoms with Crippen LogP contribution in [0.5, 0.6) is 17.2 Å². The smallest absolute Gasteiger partial charge is 0.172 e. The van der Waals surface area contributed by atoms with E-state index in [0.717, 1.165) is 75.5 Å². The van der Waals surface area contributed by atoms with Crippen molar-refractivity contribution >= 4 is 0 Å². The third kappa shape index (κ3) is 3.62. The van der Waals surface area contributed by atoms with Gasteiger partial charge in [-0.2, -0.15) is 0 Å². The Morgan fingerprint density at radius 3 is 1.91 bits per heavy atom. The lowest BCUT2D eigenvalue weighted by atomic mass is 9.53. The SMILES string of the molecule is C#C[C@]1(O)CCC2C3CCc4cc(Oc5c(O)ccc6c5CC[C@@H]5[C@@H]6CC[C@@]6(C)[C@H]5CC[C@@]6(O)C#C)ccc4C3CC[C@@]21C. The van der Waals surface area contributed by atoms with Gasteiger partial charge in [-0.15, -0.1) is 12.8 Å². The number of hydrogen-bond acceptors (Lipinski definition) is 4. The Hall–Kier alpha value is -2.92. The molecule has 0 aliphatic heterocycles. The Balaban J connectivity index is 1.05. The molecule has 8 rings (SSSR count). The molecule has 4 fully saturated rings. The molecule has 0 radical (unpaired) electrons. The monoisotopic (exact) mass is 590 g/mol. The lowest BCUT2D eigenvalue weighted by molar-refractivity contribution is -0.0648. The minimum Gasteiger partial charge on any atom is -0.504 e. The van der Waals surface area contributed by atoms with E-state index in [-0.39, 0.29) is 16.6 Å². The van der Waals surface area contributed by atoms with Crippen LogP contribution in [-0.2, 0) is 12.8 Å². The standard InChI is InChI=1S/C40H46O4/c1-5-39(42)21-17-33-30-9-7-24-23-25(8-10-26(24)28(30)15-19-37(33,39)3)44-36-32-12-11-31-29(27(32)13-14-35(36)41)16-20-38(4)34(31)18-22-40(38,43)6-2/h1-2,8,10,13-14,23,28-31,33-34,41-43H,7,9,11-12,15-22H2,3-4H3/t28?,29-,30?,31-,33?,34+,37+,38+,39+,40+/m1/s1. The molecule has 2 aromatic carbocycles. The number of phenolic OH excluding ortho intramolecular Hbond substituents is 1. The van der Waals surface area contributed by atoms with E-state index in [2.05, 4.69) is 50.0 Å². The molecular weight excluding hydrogens is 544 g/mol. The van der Waals surface area contributed by atoms with Crippen molar-refractivity contribution in [3.05, 3.63) is 52.6 Å². The highest BCUT2D eigenvalue weighted by Crippen LogP contribution is 2.66. The summed E-state index contributed by atoms with van der Waals surface area (Å²) in [4.78, 5) is 0. The van der Waals surface area contributed by atoms with Crippen LogP contribution in [0, 0.1) is 59.2 Å². The molecule has 10 atom stereocenters. The van der Waals surface area contributed by atoms with Crippen molar-refractivity contribution in [3.8, 4) is 41.9 Å². The van der Waals surface area contributed by atoms with Gasteiger partial charge in [0.25, 0.3) is 0 Å². The van der Waals surface area contributed by atoms with E-state index in [1.165, 1.54) is 16.7 Å². The van der Waals surface area contributed by atoms with Gasteiger partial charge in [0.05, 0.1) is 0 Å². The highest BCUT2D eigenvalue weighted by molar-refractivity contribution is 5.55. The first-order chi connectivity index (χ1) is 21.1. The zero-order valence-corrected chi connectivity index (χ0v) is 26.2. The first-order valence-corrected chi connectivity index (χ1v) is 17.1. The van der Waals surface area contributed by atoms with Crippen LogP contribution >= 0.6 is 0 Å². The average Bonchev–Trinajstić information content (AvgIpc) is 3.47. The third-order valence-electron chi connectivity index (χ3n) is 14.5. The first-order valence-electron chi connectivity index (χ1n) is 17.1. The van der Waals surface area contributed by atoms with Crippen molar-refractivity contribution in [1.29, 1.82) is 0 Å². The quantitative estimate of drug-likeness (QED) is 0.315. The van der Waals surface area contributed by atoms with Crippen molar-refractivity contribution in [3.63, 3.8) is 0 Å². The van der Waals surface area contributed by atoms with Crippen molar-refractivity contribution in [1.82, 2.24) is 0 Å². The van der Waals surface area contributed by atoms with Crippen LogP contribution in [0.15, 0.2) is 30.3 Å². The second-order valence-electron chi connectivity index (χ2n) is 15.8.